The van der Waals surface area contributed by atoms with E-state index in [2.05, 4.69) is 14.7 Å². The summed E-state index contributed by atoms with van der Waals surface area (Å²) in [7, 11) is -2.50. The molecule has 0 saturated heterocycles. The van der Waals surface area contributed by atoms with E-state index in [9.17, 15) is 13.7 Å². The van der Waals surface area contributed by atoms with Crippen molar-refractivity contribution in [2.45, 2.75) is 45.6 Å². The molecule has 0 amide bonds. The van der Waals surface area contributed by atoms with Crippen molar-refractivity contribution in [3.8, 4) is 0 Å². The van der Waals surface area contributed by atoms with Gasteiger partial charge in [-0.05, 0) is 35.1 Å². The Bertz CT molecular complexity index is 974. The summed E-state index contributed by atoms with van der Waals surface area (Å²) in [6.07, 6.45) is 0.627. The highest BCUT2D eigenvalue weighted by molar-refractivity contribution is 7.96. The van der Waals surface area contributed by atoms with Crippen LogP contribution in [0.25, 0.3) is 0 Å². The van der Waals surface area contributed by atoms with Gasteiger partial charge in [0, 0.05) is 19.0 Å². The Kier molecular flexibility index (Phi) is 8.02. The summed E-state index contributed by atoms with van der Waals surface area (Å²) >= 11 is 0. The van der Waals surface area contributed by atoms with Crippen LogP contribution < -0.4 is 16.2 Å². The fraction of sp³-hybridized carbons (Fsp3) is 0.500. The van der Waals surface area contributed by atoms with Crippen LogP contribution in [0.3, 0.4) is 0 Å². The lowest BCUT2D eigenvalue weighted by Crippen LogP contribution is -2.33. The van der Waals surface area contributed by atoms with Gasteiger partial charge in [0.15, 0.2) is 9.92 Å². The van der Waals surface area contributed by atoms with E-state index in [0.717, 1.165) is 6.20 Å². The van der Waals surface area contributed by atoms with Gasteiger partial charge in [0.1, 0.15) is 23.4 Å². The topological polar surface area (TPSA) is 145 Å². The Morgan fingerprint density at radius 2 is 2.00 bits per heavy atom. The largest absolute Gasteiger partial charge is 0.845 e. The second-order valence-corrected chi connectivity index (χ2v) is 9.34. The summed E-state index contributed by atoms with van der Waals surface area (Å²) in [6.45, 7) is 7.82. The highest BCUT2D eigenvalue weighted by Crippen LogP contribution is 2.33. The Labute approximate surface area is 182 Å². The number of nitrogens with zero attached hydrogens (tertiary/aromatic N) is 2. The Hall–Kier alpha value is -2.66. The third-order valence-electron chi connectivity index (χ3n) is 4.69. The van der Waals surface area contributed by atoms with E-state index >= 15 is 0 Å². The third-order valence-corrected chi connectivity index (χ3v) is 6.02. The van der Waals surface area contributed by atoms with Gasteiger partial charge in [-0.3, -0.25) is 0 Å². The first-order valence-corrected chi connectivity index (χ1v) is 11.3. The monoisotopic (exact) mass is 454 g/mol. The molecule has 0 radical (unpaired) electrons. The molecule has 2 atom stereocenters. The van der Waals surface area contributed by atoms with E-state index in [0.29, 0.717) is 16.8 Å². The molecule has 0 aromatic heterocycles. The fourth-order valence-corrected chi connectivity index (χ4v) is 3.95. The average molecular weight is 455 g/mol. The van der Waals surface area contributed by atoms with E-state index in [1.807, 2.05) is 27.7 Å². The highest BCUT2D eigenvalue weighted by atomic mass is 32.2. The summed E-state index contributed by atoms with van der Waals surface area (Å²) in [5.74, 6) is -0.717. The molecular formula is C20H29FN5O4S-. The number of anilines is 1. The minimum absolute atomic E-state index is 0.0953. The first-order valence-electron chi connectivity index (χ1n) is 9.78. The van der Waals surface area contributed by atoms with Gasteiger partial charge in [-0.1, -0.05) is 27.7 Å². The van der Waals surface area contributed by atoms with Crippen LogP contribution in [-0.2, 0) is 19.4 Å². The number of hydrogen-bond acceptors (Lipinski definition) is 7. The first-order chi connectivity index (χ1) is 14.5. The summed E-state index contributed by atoms with van der Waals surface area (Å²) in [5.41, 5.74) is 7.08. The molecule has 0 fully saturated rings. The second kappa shape index (κ2) is 10.1. The normalized spacial score (nSPS) is 19.7. The number of hydrogen-bond donors (Lipinski definition) is 3. The number of halogens is 1. The first kappa shape index (κ1) is 24.6. The van der Waals surface area contributed by atoms with Crippen LogP contribution in [0.5, 0.6) is 0 Å². The molecule has 1 aromatic rings. The fourth-order valence-electron chi connectivity index (χ4n) is 3.03. The molecule has 1 aliphatic rings. The van der Waals surface area contributed by atoms with Crippen LogP contribution in [0.15, 0.2) is 32.6 Å². The van der Waals surface area contributed by atoms with Crippen LogP contribution >= 0.6 is 0 Å². The van der Waals surface area contributed by atoms with Gasteiger partial charge in [-0.25, -0.2) is 18.4 Å². The highest BCUT2D eigenvalue weighted by Gasteiger charge is 2.25. The molecule has 9 nitrogen and oxygen atoms in total. The zero-order valence-electron chi connectivity index (χ0n) is 18.3. The van der Waals surface area contributed by atoms with Gasteiger partial charge in [-0.15, -0.1) is 0 Å². The minimum Gasteiger partial charge on any atom is -0.845 e. The maximum absolute atomic E-state index is 14.1. The van der Waals surface area contributed by atoms with Crippen LogP contribution in [0.1, 0.15) is 50.7 Å². The standard InChI is InChI=1S/C20H30FN5O4S/c1-11(2)15-6-13(21)7-16(12(3)4)18(15)25-20(27)26-31(23,28)17(8-22)19-24-9-14(29-5)10-30-19/h6-8,11-12,14H,9-10,22H2,1-5H3,(H3,23,25,26,27,28)/p-1/b17-8+/t14-,31-/m0/s1. The van der Waals surface area contributed by atoms with E-state index in [-0.39, 0.29) is 41.9 Å². The molecule has 1 aromatic carbocycles. The Balaban J connectivity index is 2.40. The van der Waals surface area contributed by atoms with Gasteiger partial charge >= 0.3 is 0 Å². The number of aliphatic imine (C=N–C) groups is 1. The van der Waals surface area contributed by atoms with Crippen molar-refractivity contribution in [1.29, 1.82) is 4.78 Å². The molecule has 0 spiro atoms. The molecule has 0 unspecified atom stereocenters. The van der Waals surface area contributed by atoms with Gasteiger partial charge < -0.3 is 25.6 Å². The van der Waals surface area contributed by atoms with E-state index < -0.39 is 21.8 Å². The zero-order valence-corrected chi connectivity index (χ0v) is 19.1. The van der Waals surface area contributed by atoms with Crippen molar-refractivity contribution in [3.63, 3.8) is 0 Å². The SMILES string of the molecule is CO[C@H]1CN=C(/C(=C\N)[S@@](=N)(=O)/N=C(\[O-])Nc2c(C(C)C)cc(F)cc2C(C)C)OC1. The quantitative estimate of drug-likeness (QED) is 0.426. The van der Waals surface area contributed by atoms with Crippen molar-refractivity contribution in [3.05, 3.63) is 40.2 Å². The molecule has 0 bridgehead atoms. The molecular weight excluding hydrogens is 425 g/mol. The summed E-state index contributed by atoms with van der Waals surface area (Å²) < 4.78 is 49.1. The number of rotatable bonds is 7. The molecule has 31 heavy (non-hydrogen) atoms. The van der Waals surface area contributed by atoms with Crippen molar-refractivity contribution < 1.29 is 23.2 Å². The van der Waals surface area contributed by atoms with Gasteiger partial charge in [-0.2, -0.15) is 4.40 Å². The van der Waals surface area contributed by atoms with E-state index in [1.54, 1.807) is 0 Å². The Morgan fingerprint density at radius 1 is 1.42 bits per heavy atom. The predicted molar refractivity (Wildman–Crippen MR) is 118 cm³/mol. The number of benzene rings is 1. The van der Waals surface area contributed by atoms with Gasteiger partial charge in [0.2, 0.25) is 5.90 Å². The van der Waals surface area contributed by atoms with Crippen molar-refractivity contribution >= 4 is 27.5 Å². The average Bonchev–Trinajstić information content (AvgIpc) is 2.69. The third kappa shape index (κ3) is 5.95. The molecule has 172 valence electrons. The maximum atomic E-state index is 14.1. The molecule has 2 rings (SSSR count). The molecule has 4 N–H and O–H groups in total. The lowest BCUT2D eigenvalue weighted by Gasteiger charge is -2.24. The smallest absolute Gasteiger partial charge is 0.229 e. The van der Waals surface area contributed by atoms with Crippen molar-refractivity contribution in [1.82, 2.24) is 0 Å². The maximum Gasteiger partial charge on any atom is 0.229 e. The lowest BCUT2D eigenvalue weighted by atomic mass is 9.92. The molecule has 11 heteroatoms. The molecule has 0 aliphatic carbocycles. The summed E-state index contributed by atoms with van der Waals surface area (Å²) in [4.78, 5) is 3.78. The summed E-state index contributed by atoms with van der Waals surface area (Å²) in [5, 5.41) is 15.2. The minimum atomic E-state index is -4.01. The lowest BCUT2D eigenvalue weighted by molar-refractivity contribution is -0.213. The molecule has 1 aliphatic heterocycles. The number of nitrogens with one attached hydrogen (secondary N) is 2. The van der Waals surface area contributed by atoms with E-state index in [4.69, 9.17) is 20.0 Å². The number of methoxy groups -OCH3 is 1. The number of nitrogens with two attached hydrogens (primary N) is 1. The van der Waals surface area contributed by atoms with Crippen LogP contribution in [-0.4, -0.2) is 42.5 Å². The molecule has 1 heterocycles. The van der Waals surface area contributed by atoms with Crippen LogP contribution in [0.2, 0.25) is 0 Å². The van der Waals surface area contributed by atoms with Crippen molar-refractivity contribution in [2.75, 3.05) is 25.6 Å². The zero-order chi connectivity index (χ0) is 23.3. The van der Waals surface area contributed by atoms with Crippen LogP contribution in [0, 0.1) is 10.6 Å². The van der Waals surface area contributed by atoms with Gasteiger partial charge in [0.05, 0.1) is 12.6 Å². The number of amidine groups is 1. The predicted octanol–water partition coefficient (Wildman–Crippen LogP) is 2.41. The Morgan fingerprint density at radius 3 is 2.42 bits per heavy atom. The van der Waals surface area contributed by atoms with Crippen molar-refractivity contribution in [2.24, 2.45) is 15.1 Å². The van der Waals surface area contributed by atoms with E-state index in [1.165, 1.54) is 19.2 Å². The van der Waals surface area contributed by atoms with Gasteiger partial charge in [0.25, 0.3) is 0 Å². The number of ether oxygens (including phenoxy) is 2. The summed E-state index contributed by atoms with van der Waals surface area (Å²) in [6, 6.07) is 1.67. The second-order valence-electron chi connectivity index (χ2n) is 7.66. The molecule has 0 saturated carbocycles. The van der Waals surface area contributed by atoms with Crippen LogP contribution in [0.4, 0.5) is 10.1 Å².